The number of nitrogens with one attached hydrogen (secondary N) is 1. The first kappa shape index (κ1) is 14.4. The predicted molar refractivity (Wildman–Crippen MR) is 73.9 cm³/mol. The smallest absolute Gasteiger partial charge is 0.0964 e. The van der Waals surface area contributed by atoms with E-state index in [1.807, 2.05) is 17.9 Å². The lowest BCUT2D eigenvalue weighted by molar-refractivity contribution is 0.00489. The molecule has 0 radical (unpaired) electrons. The summed E-state index contributed by atoms with van der Waals surface area (Å²) < 4.78 is 7.64. The van der Waals surface area contributed by atoms with Crippen molar-refractivity contribution >= 4 is 0 Å². The van der Waals surface area contributed by atoms with Crippen LogP contribution in [0.25, 0.3) is 0 Å². The van der Waals surface area contributed by atoms with Crippen molar-refractivity contribution in [1.82, 2.24) is 25.2 Å². The molecule has 0 aliphatic carbocycles. The van der Waals surface area contributed by atoms with Gasteiger partial charge in [0, 0.05) is 32.4 Å². The maximum Gasteiger partial charge on any atom is 0.0964 e. The van der Waals surface area contributed by atoms with E-state index in [0.29, 0.717) is 6.10 Å². The monoisotopic (exact) mass is 267 g/mol. The minimum atomic E-state index is 0.411. The summed E-state index contributed by atoms with van der Waals surface area (Å²) in [5.41, 5.74) is 0.994. The first-order chi connectivity index (χ1) is 9.31. The quantitative estimate of drug-likeness (QED) is 0.779. The Morgan fingerprint density at radius 1 is 1.47 bits per heavy atom. The molecule has 1 aromatic heterocycles. The van der Waals surface area contributed by atoms with Gasteiger partial charge in [-0.2, -0.15) is 0 Å². The third-order valence-corrected chi connectivity index (χ3v) is 3.45. The van der Waals surface area contributed by atoms with Gasteiger partial charge in [0.15, 0.2) is 0 Å². The van der Waals surface area contributed by atoms with E-state index >= 15 is 0 Å². The molecule has 1 aliphatic heterocycles. The molecule has 1 atom stereocenters. The van der Waals surface area contributed by atoms with E-state index in [2.05, 4.69) is 27.5 Å². The number of rotatable bonds is 7. The standard InChI is InChI=1S/C13H25N5O/c1-3-19-13-5-4-6-17(11-13)7-8-18-10-12(9-14-2)15-16-18/h10,13-14H,3-9,11H2,1-2H3. The summed E-state index contributed by atoms with van der Waals surface area (Å²) in [7, 11) is 1.92. The van der Waals surface area contributed by atoms with Gasteiger partial charge < -0.3 is 10.1 Å². The van der Waals surface area contributed by atoms with Crippen molar-refractivity contribution < 1.29 is 4.74 Å². The maximum absolute atomic E-state index is 5.72. The third kappa shape index (κ3) is 4.56. The first-order valence-corrected chi connectivity index (χ1v) is 7.19. The largest absolute Gasteiger partial charge is 0.377 e. The zero-order valence-corrected chi connectivity index (χ0v) is 12.0. The van der Waals surface area contributed by atoms with Crippen molar-refractivity contribution in [2.45, 2.75) is 39.0 Å². The molecule has 1 unspecified atom stereocenters. The van der Waals surface area contributed by atoms with E-state index in [9.17, 15) is 0 Å². The van der Waals surface area contributed by atoms with Crippen molar-refractivity contribution in [3.8, 4) is 0 Å². The Balaban J connectivity index is 1.74. The number of hydrogen-bond donors (Lipinski definition) is 1. The van der Waals surface area contributed by atoms with Crippen LogP contribution >= 0.6 is 0 Å². The molecule has 1 N–H and O–H groups in total. The summed E-state index contributed by atoms with van der Waals surface area (Å²) in [6, 6.07) is 0. The average Bonchev–Trinajstić information content (AvgIpc) is 2.86. The molecule has 108 valence electrons. The zero-order valence-electron chi connectivity index (χ0n) is 12.0. The van der Waals surface area contributed by atoms with Crippen LogP contribution in [0.1, 0.15) is 25.5 Å². The summed E-state index contributed by atoms with van der Waals surface area (Å²) in [5, 5.41) is 11.3. The SMILES string of the molecule is CCOC1CCCN(CCn2cc(CNC)nn2)C1. The van der Waals surface area contributed by atoms with Crippen LogP contribution in [0.2, 0.25) is 0 Å². The van der Waals surface area contributed by atoms with E-state index in [4.69, 9.17) is 4.74 Å². The Labute approximate surface area is 115 Å². The molecule has 1 aliphatic rings. The number of ether oxygens (including phenoxy) is 1. The van der Waals surface area contributed by atoms with Crippen LogP contribution in [0, 0.1) is 0 Å². The van der Waals surface area contributed by atoms with Crippen LogP contribution < -0.4 is 5.32 Å². The van der Waals surface area contributed by atoms with E-state index in [1.165, 1.54) is 19.4 Å². The lowest BCUT2D eigenvalue weighted by atomic mass is 10.1. The third-order valence-electron chi connectivity index (χ3n) is 3.45. The van der Waals surface area contributed by atoms with Crippen LogP contribution in [0.15, 0.2) is 6.20 Å². The first-order valence-electron chi connectivity index (χ1n) is 7.19. The summed E-state index contributed by atoms with van der Waals surface area (Å²) in [4.78, 5) is 2.46. The van der Waals surface area contributed by atoms with Gasteiger partial charge >= 0.3 is 0 Å². The number of piperidine rings is 1. The molecule has 0 bridgehead atoms. The van der Waals surface area contributed by atoms with Gasteiger partial charge in [-0.15, -0.1) is 5.10 Å². The molecule has 1 aromatic rings. The molecule has 19 heavy (non-hydrogen) atoms. The second kappa shape index (κ2) is 7.57. The molecule has 0 aromatic carbocycles. The Morgan fingerprint density at radius 3 is 3.16 bits per heavy atom. The minimum Gasteiger partial charge on any atom is -0.377 e. The number of aromatic nitrogens is 3. The van der Waals surface area contributed by atoms with Crippen molar-refractivity contribution in [3.63, 3.8) is 0 Å². The lowest BCUT2D eigenvalue weighted by Crippen LogP contribution is -2.41. The Morgan fingerprint density at radius 2 is 2.37 bits per heavy atom. The fourth-order valence-electron chi connectivity index (χ4n) is 2.54. The van der Waals surface area contributed by atoms with Crippen molar-refractivity contribution in [2.75, 3.05) is 33.3 Å². The minimum absolute atomic E-state index is 0.411. The topological polar surface area (TPSA) is 55.2 Å². The molecule has 2 heterocycles. The van der Waals surface area contributed by atoms with Crippen LogP contribution in [-0.4, -0.2) is 59.3 Å². The molecule has 2 rings (SSSR count). The van der Waals surface area contributed by atoms with E-state index in [0.717, 1.165) is 38.5 Å². The number of likely N-dealkylation sites (tertiary alicyclic amines) is 1. The highest BCUT2D eigenvalue weighted by Crippen LogP contribution is 2.12. The van der Waals surface area contributed by atoms with Gasteiger partial charge in [-0.05, 0) is 33.4 Å². The highest BCUT2D eigenvalue weighted by Gasteiger charge is 2.19. The van der Waals surface area contributed by atoms with Crippen LogP contribution in [-0.2, 0) is 17.8 Å². The molecule has 0 saturated carbocycles. The number of nitrogens with zero attached hydrogens (tertiary/aromatic N) is 4. The fraction of sp³-hybridized carbons (Fsp3) is 0.846. The average molecular weight is 267 g/mol. The van der Waals surface area contributed by atoms with E-state index in [1.54, 1.807) is 0 Å². The van der Waals surface area contributed by atoms with Gasteiger partial charge in [0.25, 0.3) is 0 Å². The number of hydrogen-bond acceptors (Lipinski definition) is 5. The molecule has 6 heteroatoms. The van der Waals surface area contributed by atoms with Crippen LogP contribution in [0.5, 0.6) is 0 Å². The highest BCUT2D eigenvalue weighted by atomic mass is 16.5. The maximum atomic E-state index is 5.72. The Bertz CT molecular complexity index is 366. The summed E-state index contributed by atoms with van der Waals surface area (Å²) in [6.45, 7) is 7.79. The normalized spacial score (nSPS) is 20.8. The summed E-state index contributed by atoms with van der Waals surface area (Å²) >= 11 is 0. The van der Waals surface area contributed by atoms with Gasteiger partial charge in [0.05, 0.1) is 18.3 Å². The van der Waals surface area contributed by atoms with Gasteiger partial charge in [0.1, 0.15) is 0 Å². The van der Waals surface area contributed by atoms with Crippen LogP contribution in [0.4, 0.5) is 0 Å². The van der Waals surface area contributed by atoms with Crippen molar-refractivity contribution in [3.05, 3.63) is 11.9 Å². The zero-order chi connectivity index (χ0) is 13.5. The molecule has 1 saturated heterocycles. The van der Waals surface area contributed by atoms with Crippen molar-refractivity contribution in [1.29, 1.82) is 0 Å². The molecule has 0 amide bonds. The fourth-order valence-corrected chi connectivity index (χ4v) is 2.54. The van der Waals surface area contributed by atoms with E-state index < -0.39 is 0 Å². The van der Waals surface area contributed by atoms with Crippen molar-refractivity contribution in [2.24, 2.45) is 0 Å². The Hall–Kier alpha value is -0.980. The van der Waals surface area contributed by atoms with Gasteiger partial charge in [-0.25, -0.2) is 0 Å². The van der Waals surface area contributed by atoms with Gasteiger partial charge in [-0.1, -0.05) is 5.21 Å². The highest BCUT2D eigenvalue weighted by molar-refractivity contribution is 4.91. The van der Waals surface area contributed by atoms with Gasteiger partial charge in [0.2, 0.25) is 0 Å². The van der Waals surface area contributed by atoms with Crippen LogP contribution in [0.3, 0.4) is 0 Å². The summed E-state index contributed by atoms with van der Waals surface area (Å²) in [5.74, 6) is 0. The molecular formula is C13H25N5O. The molecule has 0 spiro atoms. The Kier molecular flexibility index (Phi) is 5.75. The molecule has 6 nitrogen and oxygen atoms in total. The molecular weight excluding hydrogens is 242 g/mol. The lowest BCUT2D eigenvalue weighted by Gasteiger charge is -2.32. The van der Waals surface area contributed by atoms with E-state index in [-0.39, 0.29) is 0 Å². The second-order valence-corrected chi connectivity index (χ2v) is 5.02. The predicted octanol–water partition coefficient (Wildman–Crippen LogP) is 0.498. The summed E-state index contributed by atoms with van der Waals surface area (Å²) in [6.07, 6.45) is 4.85. The molecule has 1 fully saturated rings. The second-order valence-electron chi connectivity index (χ2n) is 5.02. The van der Waals surface area contributed by atoms with Gasteiger partial charge in [-0.3, -0.25) is 9.58 Å².